The number of hydrogen-bond donors (Lipinski definition) is 0. The summed E-state index contributed by atoms with van der Waals surface area (Å²) in [7, 11) is -0.826. The first-order valence-electron chi connectivity index (χ1n) is 12.5. The van der Waals surface area contributed by atoms with Crippen molar-refractivity contribution in [3.8, 4) is 12.3 Å². The van der Waals surface area contributed by atoms with Crippen LogP contribution in [0.15, 0.2) is 85.0 Å². The van der Waals surface area contributed by atoms with Crippen LogP contribution in [-0.2, 0) is 13.9 Å². The SMILES string of the molecule is C#CC[C@@H]1C=C[C@H](OC)[C@@H](CCCC(=C)CO[Si](c2ccccc2)(c2ccccc2)C(C)(C)C)O1. The molecule has 0 aliphatic carbocycles. The standard InChI is InChI=1S/C31H40O3Si/c1-7-15-26-22-23-29(32-6)30(34-26)21-14-16-25(2)24-33-35(31(3,4)5,27-17-10-8-11-18-27)28-19-12-9-13-20-28/h1,8-13,17-20,22-23,26,29-30H,2,14-16,21,24H2,3-6H3/t26-,29+,30-/m1/s1. The van der Waals surface area contributed by atoms with Crippen LogP contribution in [-0.4, -0.2) is 40.3 Å². The minimum absolute atomic E-state index is 0.00810. The van der Waals surface area contributed by atoms with Crippen molar-refractivity contribution in [2.75, 3.05) is 13.7 Å². The van der Waals surface area contributed by atoms with Gasteiger partial charge in [-0.3, -0.25) is 0 Å². The average molecular weight is 489 g/mol. The fourth-order valence-electron chi connectivity index (χ4n) is 5.00. The Hall–Kier alpha value is -2.42. The predicted molar refractivity (Wildman–Crippen MR) is 149 cm³/mol. The van der Waals surface area contributed by atoms with Gasteiger partial charge in [-0.15, -0.1) is 12.3 Å². The van der Waals surface area contributed by atoms with Gasteiger partial charge >= 0.3 is 0 Å². The lowest BCUT2D eigenvalue weighted by atomic mass is 10.0. The lowest BCUT2D eigenvalue weighted by Gasteiger charge is -2.43. The van der Waals surface area contributed by atoms with Gasteiger partial charge in [0.2, 0.25) is 0 Å². The van der Waals surface area contributed by atoms with Crippen molar-refractivity contribution in [2.45, 2.75) is 69.8 Å². The molecule has 1 aliphatic rings. The van der Waals surface area contributed by atoms with Gasteiger partial charge in [-0.05, 0) is 34.7 Å². The highest BCUT2D eigenvalue weighted by Gasteiger charge is 2.50. The quantitative estimate of drug-likeness (QED) is 0.232. The molecule has 0 saturated heterocycles. The predicted octanol–water partition coefficient (Wildman–Crippen LogP) is 5.65. The normalized spacial score (nSPS) is 20.4. The summed E-state index contributed by atoms with van der Waals surface area (Å²) in [5.74, 6) is 2.69. The molecule has 0 aromatic heterocycles. The van der Waals surface area contributed by atoms with Crippen LogP contribution >= 0.6 is 0 Å². The van der Waals surface area contributed by atoms with Crippen LogP contribution < -0.4 is 10.4 Å². The second-order valence-corrected chi connectivity index (χ2v) is 14.6. The molecule has 3 nitrogen and oxygen atoms in total. The summed E-state index contributed by atoms with van der Waals surface area (Å²) in [6.07, 6.45) is 12.8. The summed E-state index contributed by atoms with van der Waals surface area (Å²) in [6, 6.07) is 21.5. The van der Waals surface area contributed by atoms with Crippen LogP contribution in [0.5, 0.6) is 0 Å². The van der Waals surface area contributed by atoms with Crippen LogP contribution in [0.4, 0.5) is 0 Å². The van der Waals surface area contributed by atoms with Crippen LogP contribution in [0, 0.1) is 12.3 Å². The Bertz CT molecular complexity index is 962. The van der Waals surface area contributed by atoms with E-state index in [1.54, 1.807) is 7.11 Å². The number of rotatable bonds is 11. The van der Waals surface area contributed by atoms with Crippen molar-refractivity contribution in [1.29, 1.82) is 0 Å². The molecule has 0 spiro atoms. The maximum atomic E-state index is 7.01. The van der Waals surface area contributed by atoms with Crippen LogP contribution in [0.2, 0.25) is 5.04 Å². The number of hydrogen-bond acceptors (Lipinski definition) is 3. The minimum atomic E-state index is -2.55. The van der Waals surface area contributed by atoms with Gasteiger partial charge in [0, 0.05) is 13.5 Å². The van der Waals surface area contributed by atoms with Crippen LogP contribution in [0.25, 0.3) is 0 Å². The molecule has 0 fully saturated rings. The highest BCUT2D eigenvalue weighted by Crippen LogP contribution is 2.37. The summed E-state index contributed by atoms with van der Waals surface area (Å²) in [6.45, 7) is 11.8. The van der Waals surface area contributed by atoms with Crippen molar-refractivity contribution in [3.63, 3.8) is 0 Å². The van der Waals surface area contributed by atoms with E-state index >= 15 is 0 Å². The Morgan fingerprint density at radius 2 is 1.63 bits per heavy atom. The third kappa shape index (κ3) is 6.62. The maximum absolute atomic E-state index is 7.01. The van der Waals surface area contributed by atoms with Crippen molar-refractivity contribution in [3.05, 3.63) is 85.0 Å². The zero-order chi connectivity index (χ0) is 25.3. The molecule has 35 heavy (non-hydrogen) atoms. The highest BCUT2D eigenvalue weighted by molar-refractivity contribution is 6.99. The fourth-order valence-corrected chi connectivity index (χ4v) is 9.57. The number of terminal acetylenes is 1. The zero-order valence-corrected chi connectivity index (χ0v) is 22.7. The molecule has 3 rings (SSSR count). The minimum Gasteiger partial charge on any atom is -0.403 e. The van der Waals surface area contributed by atoms with Gasteiger partial charge in [0.05, 0.1) is 18.8 Å². The molecule has 186 valence electrons. The van der Waals surface area contributed by atoms with Gasteiger partial charge in [0.15, 0.2) is 0 Å². The van der Waals surface area contributed by atoms with Crippen LogP contribution in [0.1, 0.15) is 46.5 Å². The third-order valence-electron chi connectivity index (χ3n) is 6.75. The van der Waals surface area contributed by atoms with Crippen molar-refractivity contribution in [1.82, 2.24) is 0 Å². The first-order chi connectivity index (χ1) is 16.8. The molecule has 3 atom stereocenters. The molecule has 0 bridgehead atoms. The van der Waals surface area contributed by atoms with Gasteiger partial charge in [-0.25, -0.2) is 0 Å². The van der Waals surface area contributed by atoms with E-state index in [-0.39, 0.29) is 23.4 Å². The fraction of sp³-hybridized carbons (Fsp3) is 0.419. The Balaban J connectivity index is 1.69. The number of benzene rings is 2. The molecular weight excluding hydrogens is 448 g/mol. The van der Waals surface area contributed by atoms with Crippen molar-refractivity contribution < 1.29 is 13.9 Å². The van der Waals surface area contributed by atoms with E-state index in [0.717, 1.165) is 24.8 Å². The topological polar surface area (TPSA) is 27.7 Å². The van der Waals surface area contributed by atoms with Gasteiger partial charge in [0.1, 0.15) is 6.10 Å². The number of ether oxygens (including phenoxy) is 2. The monoisotopic (exact) mass is 488 g/mol. The molecule has 4 heteroatoms. The van der Waals surface area contributed by atoms with E-state index in [4.69, 9.17) is 20.3 Å². The van der Waals surface area contributed by atoms with Gasteiger partial charge in [-0.2, -0.15) is 0 Å². The molecule has 0 radical (unpaired) electrons. The van der Waals surface area contributed by atoms with Gasteiger partial charge < -0.3 is 13.9 Å². The summed E-state index contributed by atoms with van der Waals surface area (Å²) in [4.78, 5) is 0. The smallest absolute Gasteiger partial charge is 0.261 e. The Labute approximate surface area is 213 Å². The maximum Gasteiger partial charge on any atom is 0.261 e. The molecule has 1 aliphatic heterocycles. The van der Waals surface area contributed by atoms with Crippen LogP contribution in [0.3, 0.4) is 0 Å². The lowest BCUT2D eigenvalue weighted by molar-refractivity contribution is -0.0721. The summed E-state index contributed by atoms with van der Waals surface area (Å²) >= 11 is 0. The van der Waals surface area contributed by atoms with E-state index in [9.17, 15) is 0 Å². The second-order valence-electron chi connectivity index (χ2n) is 10.3. The van der Waals surface area contributed by atoms with E-state index in [0.29, 0.717) is 13.0 Å². The highest BCUT2D eigenvalue weighted by atomic mass is 28.4. The molecule has 0 saturated carbocycles. The van der Waals surface area contributed by atoms with E-state index in [1.807, 2.05) is 6.08 Å². The summed E-state index contributed by atoms with van der Waals surface area (Å²) in [5, 5.41) is 2.53. The van der Waals surface area contributed by atoms with Crippen molar-refractivity contribution >= 4 is 18.7 Å². The van der Waals surface area contributed by atoms with E-state index < -0.39 is 8.32 Å². The Morgan fingerprint density at radius 3 is 2.14 bits per heavy atom. The molecule has 1 heterocycles. The van der Waals surface area contributed by atoms with E-state index in [2.05, 4.69) is 100 Å². The number of methoxy groups -OCH3 is 1. The van der Waals surface area contributed by atoms with Gasteiger partial charge in [0.25, 0.3) is 8.32 Å². The third-order valence-corrected chi connectivity index (χ3v) is 11.7. The molecule has 0 amide bonds. The first kappa shape index (κ1) is 27.2. The first-order valence-corrected chi connectivity index (χ1v) is 14.4. The lowest BCUT2D eigenvalue weighted by Crippen LogP contribution is -2.66. The molecular formula is C31H40O3Si. The van der Waals surface area contributed by atoms with E-state index in [1.165, 1.54) is 10.4 Å². The second kappa shape index (κ2) is 12.5. The molecule has 0 unspecified atom stereocenters. The zero-order valence-electron chi connectivity index (χ0n) is 21.7. The largest absolute Gasteiger partial charge is 0.403 e. The summed E-state index contributed by atoms with van der Waals surface area (Å²) in [5.41, 5.74) is 1.11. The van der Waals surface area contributed by atoms with Gasteiger partial charge in [-0.1, -0.05) is 106 Å². The van der Waals surface area contributed by atoms with Crippen molar-refractivity contribution in [2.24, 2.45) is 0 Å². The molecule has 0 N–H and O–H groups in total. The molecule has 2 aromatic rings. The average Bonchev–Trinajstić information content (AvgIpc) is 2.85. The summed E-state index contributed by atoms with van der Waals surface area (Å²) < 4.78 is 18.8. The Morgan fingerprint density at radius 1 is 1.03 bits per heavy atom. The Kier molecular flexibility index (Phi) is 9.71. The molecule has 2 aromatic carbocycles.